The van der Waals surface area contributed by atoms with E-state index in [4.69, 9.17) is 0 Å². The Morgan fingerprint density at radius 3 is 2.65 bits per heavy atom. The molecular formula is C18H20F3N3OS. The van der Waals surface area contributed by atoms with E-state index < -0.39 is 24.0 Å². The molecule has 8 heteroatoms. The fraction of sp³-hybridized carbons (Fsp3) is 0.444. The number of rotatable bonds is 4. The number of hydrogen-bond acceptors (Lipinski definition) is 3. The van der Waals surface area contributed by atoms with E-state index in [9.17, 15) is 18.0 Å². The van der Waals surface area contributed by atoms with Gasteiger partial charge in [0.2, 0.25) is 0 Å². The fourth-order valence-electron chi connectivity index (χ4n) is 3.34. The topological polar surface area (TPSA) is 46.9 Å². The molecule has 2 aromatic rings. The third-order valence-electron chi connectivity index (χ3n) is 4.63. The van der Waals surface area contributed by atoms with Crippen molar-refractivity contribution >= 4 is 17.7 Å². The maximum Gasteiger partial charge on any atom is 0.391 e. The molecule has 2 atom stereocenters. The van der Waals surface area contributed by atoms with Crippen LogP contribution in [-0.2, 0) is 0 Å². The highest BCUT2D eigenvalue weighted by atomic mass is 32.2. The molecule has 1 heterocycles. The first kappa shape index (κ1) is 18.8. The van der Waals surface area contributed by atoms with E-state index in [1.165, 1.54) is 18.0 Å². The summed E-state index contributed by atoms with van der Waals surface area (Å²) in [5, 5.41) is 3.43. The third-order valence-corrected chi connectivity index (χ3v) is 5.28. The Morgan fingerprint density at radius 1 is 1.27 bits per heavy atom. The van der Waals surface area contributed by atoms with Crippen molar-refractivity contribution in [3.63, 3.8) is 0 Å². The van der Waals surface area contributed by atoms with Crippen LogP contribution >= 0.6 is 11.8 Å². The highest BCUT2D eigenvalue weighted by molar-refractivity contribution is 7.98. The van der Waals surface area contributed by atoms with Gasteiger partial charge in [-0.25, -0.2) is 4.98 Å². The molecule has 26 heavy (non-hydrogen) atoms. The first-order valence-corrected chi connectivity index (χ1v) is 9.67. The lowest BCUT2D eigenvalue weighted by molar-refractivity contribution is -0.183. The number of para-hydroxylation sites is 1. The predicted octanol–water partition coefficient (Wildman–Crippen LogP) is 4.45. The van der Waals surface area contributed by atoms with Gasteiger partial charge in [-0.3, -0.25) is 9.36 Å². The predicted molar refractivity (Wildman–Crippen MR) is 94.6 cm³/mol. The Labute approximate surface area is 154 Å². The van der Waals surface area contributed by atoms with Gasteiger partial charge < -0.3 is 5.32 Å². The van der Waals surface area contributed by atoms with Gasteiger partial charge in [-0.2, -0.15) is 13.2 Å². The highest BCUT2D eigenvalue weighted by Crippen LogP contribution is 2.37. The summed E-state index contributed by atoms with van der Waals surface area (Å²) in [5.41, 5.74) is 1.12. The van der Waals surface area contributed by atoms with Crippen LogP contribution in [0.15, 0.2) is 41.7 Å². The number of thioether (sulfide) groups is 1. The van der Waals surface area contributed by atoms with Crippen LogP contribution in [0.1, 0.15) is 36.2 Å². The normalized spacial score (nSPS) is 20.8. The van der Waals surface area contributed by atoms with E-state index in [1.807, 2.05) is 36.6 Å². The van der Waals surface area contributed by atoms with Crippen LogP contribution in [0.4, 0.5) is 13.2 Å². The summed E-state index contributed by atoms with van der Waals surface area (Å²) in [6.07, 6.45) is 0.215. The smallest absolute Gasteiger partial charge is 0.348 e. The van der Waals surface area contributed by atoms with Gasteiger partial charge in [0, 0.05) is 11.7 Å². The number of amides is 1. The van der Waals surface area contributed by atoms with Crippen LogP contribution in [0, 0.1) is 5.92 Å². The number of halogens is 3. The summed E-state index contributed by atoms with van der Waals surface area (Å²) in [4.78, 5) is 17.0. The first-order chi connectivity index (χ1) is 12.4. The number of carbonyl (C=O) groups excluding carboxylic acids is 1. The van der Waals surface area contributed by atoms with Crippen LogP contribution in [0.25, 0.3) is 5.69 Å². The Hall–Kier alpha value is -1.96. The molecule has 1 aromatic heterocycles. The van der Waals surface area contributed by atoms with Crippen molar-refractivity contribution in [3.8, 4) is 5.69 Å². The molecule has 4 nitrogen and oxygen atoms in total. The molecule has 0 aliphatic heterocycles. The average Bonchev–Trinajstić information content (AvgIpc) is 3.06. The zero-order valence-electron chi connectivity index (χ0n) is 14.3. The van der Waals surface area contributed by atoms with Crippen LogP contribution in [-0.4, -0.2) is 33.9 Å². The quantitative estimate of drug-likeness (QED) is 0.794. The number of alkyl halides is 3. The summed E-state index contributed by atoms with van der Waals surface area (Å²) in [7, 11) is 0. The monoisotopic (exact) mass is 383 g/mol. The zero-order chi connectivity index (χ0) is 18.7. The minimum atomic E-state index is -4.21. The van der Waals surface area contributed by atoms with E-state index in [0.717, 1.165) is 5.69 Å². The second-order valence-electron chi connectivity index (χ2n) is 6.38. The molecule has 1 N–H and O–H groups in total. The van der Waals surface area contributed by atoms with Crippen LogP contribution in [0.5, 0.6) is 0 Å². The number of benzene rings is 1. The Bertz CT molecular complexity index is 761. The minimum absolute atomic E-state index is 0.0654. The Morgan fingerprint density at radius 2 is 2.00 bits per heavy atom. The molecule has 0 bridgehead atoms. The maximum atomic E-state index is 13.0. The molecule has 1 fully saturated rings. The molecule has 1 saturated carbocycles. The highest BCUT2D eigenvalue weighted by Gasteiger charge is 2.42. The minimum Gasteiger partial charge on any atom is -0.348 e. The number of carbonyl (C=O) groups is 1. The van der Waals surface area contributed by atoms with Gasteiger partial charge in [-0.05, 0) is 37.7 Å². The number of nitrogens with one attached hydrogen (secondary N) is 1. The molecule has 140 valence electrons. The molecule has 1 amide bonds. The van der Waals surface area contributed by atoms with Crippen molar-refractivity contribution in [1.29, 1.82) is 0 Å². The van der Waals surface area contributed by atoms with Gasteiger partial charge in [-0.15, -0.1) is 0 Å². The lowest BCUT2D eigenvalue weighted by Crippen LogP contribution is -2.42. The number of nitrogens with zero attached hydrogens (tertiary/aromatic N) is 2. The van der Waals surface area contributed by atoms with Crippen LogP contribution in [0.2, 0.25) is 0 Å². The number of aromatic nitrogens is 2. The van der Waals surface area contributed by atoms with Gasteiger partial charge in [0.25, 0.3) is 5.91 Å². The summed E-state index contributed by atoms with van der Waals surface area (Å²) >= 11 is 1.40. The standard InChI is InChI=1S/C18H20F3N3OS/c1-26-17-22-11-15(24(17)14-8-3-2-4-9-14)16(25)23-13-7-5-6-12(10-13)18(19,20)21/h2-4,8-9,11-13H,5-7,10H2,1H3,(H,23,25)/t12-,13+/m0/s1. The van der Waals surface area contributed by atoms with Gasteiger partial charge in [0.1, 0.15) is 5.69 Å². The van der Waals surface area contributed by atoms with Crippen LogP contribution in [0.3, 0.4) is 0 Å². The first-order valence-electron chi connectivity index (χ1n) is 8.45. The Kier molecular flexibility index (Phi) is 5.60. The summed E-state index contributed by atoms with van der Waals surface area (Å²) in [5.74, 6) is -1.74. The third kappa shape index (κ3) is 4.06. The largest absolute Gasteiger partial charge is 0.391 e. The molecule has 0 spiro atoms. The van der Waals surface area contributed by atoms with Crippen molar-refractivity contribution in [1.82, 2.24) is 14.9 Å². The number of imidazole rings is 1. The van der Waals surface area contributed by atoms with Crippen LogP contribution < -0.4 is 5.32 Å². The SMILES string of the molecule is CSc1ncc(C(=O)N[C@@H]2CCC[C@H](C(F)(F)F)C2)n1-c1ccccc1. The van der Waals surface area contributed by atoms with E-state index in [0.29, 0.717) is 23.7 Å². The molecule has 3 rings (SSSR count). The van der Waals surface area contributed by atoms with E-state index in [2.05, 4.69) is 10.3 Å². The van der Waals surface area contributed by atoms with E-state index >= 15 is 0 Å². The number of hydrogen-bond donors (Lipinski definition) is 1. The van der Waals surface area contributed by atoms with Crippen molar-refractivity contribution in [3.05, 3.63) is 42.2 Å². The van der Waals surface area contributed by atoms with Gasteiger partial charge in [-0.1, -0.05) is 36.4 Å². The van der Waals surface area contributed by atoms with Crippen molar-refractivity contribution in [2.45, 2.75) is 43.1 Å². The summed E-state index contributed by atoms with van der Waals surface area (Å²) in [6, 6.07) is 8.83. The van der Waals surface area contributed by atoms with E-state index in [1.54, 1.807) is 4.57 Å². The maximum absolute atomic E-state index is 13.0. The second kappa shape index (κ2) is 7.73. The second-order valence-corrected chi connectivity index (χ2v) is 7.15. The average molecular weight is 383 g/mol. The molecule has 1 aliphatic rings. The van der Waals surface area contributed by atoms with Gasteiger partial charge in [0.15, 0.2) is 5.16 Å². The van der Waals surface area contributed by atoms with Crippen molar-refractivity contribution in [2.24, 2.45) is 5.92 Å². The molecule has 0 unspecified atom stereocenters. The van der Waals surface area contributed by atoms with Gasteiger partial charge >= 0.3 is 6.18 Å². The summed E-state index contributed by atoms with van der Waals surface area (Å²) < 4.78 is 40.7. The van der Waals surface area contributed by atoms with Crippen molar-refractivity contribution < 1.29 is 18.0 Å². The lowest BCUT2D eigenvalue weighted by Gasteiger charge is -2.31. The molecule has 1 aliphatic carbocycles. The summed E-state index contributed by atoms with van der Waals surface area (Å²) in [6.45, 7) is 0. The molecule has 0 radical (unpaired) electrons. The zero-order valence-corrected chi connectivity index (χ0v) is 15.1. The fourth-order valence-corrected chi connectivity index (χ4v) is 3.89. The van der Waals surface area contributed by atoms with Crippen molar-refractivity contribution in [2.75, 3.05) is 6.26 Å². The lowest BCUT2D eigenvalue weighted by atomic mass is 9.85. The van der Waals surface area contributed by atoms with Gasteiger partial charge in [0.05, 0.1) is 12.1 Å². The van der Waals surface area contributed by atoms with E-state index in [-0.39, 0.29) is 12.8 Å². The Balaban J connectivity index is 1.80. The molecular weight excluding hydrogens is 363 g/mol. The molecule has 0 saturated heterocycles. The molecule has 1 aromatic carbocycles.